The predicted octanol–water partition coefficient (Wildman–Crippen LogP) is 2.47. The highest BCUT2D eigenvalue weighted by atomic mass is 32.2. The Morgan fingerprint density at radius 3 is 2.19 bits per heavy atom. The number of aromatic hydroxyl groups is 3. The van der Waals surface area contributed by atoms with Crippen molar-refractivity contribution >= 4 is 21.5 Å². The van der Waals surface area contributed by atoms with Gasteiger partial charge in [0, 0.05) is 6.07 Å². The Hall–Kier alpha value is -2.65. The number of hydrogen-bond acceptors (Lipinski definition) is 7. The van der Waals surface area contributed by atoms with E-state index in [1.54, 1.807) is 0 Å². The largest absolute Gasteiger partial charge is 0.508 e. The van der Waals surface area contributed by atoms with E-state index in [9.17, 15) is 18.6 Å². The minimum absolute atomic E-state index is 0.00413. The maximum atomic E-state index is 11.0. The van der Waals surface area contributed by atoms with Crippen LogP contribution in [0.1, 0.15) is 0 Å². The summed E-state index contributed by atoms with van der Waals surface area (Å²) in [4.78, 5) is -0.700. The van der Waals surface area contributed by atoms with Crippen molar-refractivity contribution in [3.05, 3.63) is 36.4 Å². The van der Waals surface area contributed by atoms with Crippen LogP contribution in [-0.4, -0.2) is 28.3 Å². The maximum absolute atomic E-state index is 11.0. The number of benzene rings is 2. The minimum atomic E-state index is -4.59. The standard InChI is InChI=1S/C12H10N2O6S/c15-7-4-5-8(10(16)6-7)13-14-9-2-1-3-11(12(9)17)21(18,19)20/h1-6,15-17H,(H,18,19,20). The van der Waals surface area contributed by atoms with Gasteiger partial charge in [0.15, 0.2) is 5.75 Å². The first-order valence-corrected chi connectivity index (χ1v) is 6.96. The molecule has 2 aromatic carbocycles. The van der Waals surface area contributed by atoms with Crippen molar-refractivity contribution in [2.75, 3.05) is 0 Å². The van der Waals surface area contributed by atoms with Gasteiger partial charge in [0.25, 0.3) is 10.1 Å². The SMILES string of the molecule is O=S(=O)(O)c1cccc(N=Nc2ccc(O)cc2O)c1O. The fraction of sp³-hybridized carbons (Fsp3) is 0. The summed E-state index contributed by atoms with van der Waals surface area (Å²) in [6.07, 6.45) is 0. The van der Waals surface area contributed by atoms with Crippen molar-refractivity contribution in [1.29, 1.82) is 0 Å². The highest BCUT2D eigenvalue weighted by Gasteiger charge is 2.17. The van der Waals surface area contributed by atoms with Crippen LogP contribution < -0.4 is 0 Å². The van der Waals surface area contributed by atoms with Crippen LogP contribution in [0.5, 0.6) is 17.2 Å². The summed E-state index contributed by atoms with van der Waals surface area (Å²) in [5.41, 5.74) is -0.206. The lowest BCUT2D eigenvalue weighted by molar-refractivity contribution is 0.443. The summed E-state index contributed by atoms with van der Waals surface area (Å²) in [5.74, 6) is -1.27. The number of rotatable bonds is 3. The van der Waals surface area contributed by atoms with Crippen molar-refractivity contribution in [3.63, 3.8) is 0 Å². The van der Waals surface area contributed by atoms with Crippen molar-refractivity contribution in [2.45, 2.75) is 4.90 Å². The second-order valence-electron chi connectivity index (χ2n) is 3.97. The zero-order chi connectivity index (χ0) is 15.6. The number of hydrogen-bond donors (Lipinski definition) is 4. The lowest BCUT2D eigenvalue weighted by Gasteiger charge is -2.03. The van der Waals surface area contributed by atoms with Gasteiger partial charge >= 0.3 is 0 Å². The zero-order valence-electron chi connectivity index (χ0n) is 10.4. The molecule has 0 radical (unpaired) electrons. The average molecular weight is 310 g/mol. The molecular weight excluding hydrogens is 300 g/mol. The number of phenols is 3. The lowest BCUT2D eigenvalue weighted by atomic mass is 10.3. The summed E-state index contributed by atoms with van der Waals surface area (Å²) < 4.78 is 31.0. The van der Waals surface area contributed by atoms with Crippen LogP contribution in [0.3, 0.4) is 0 Å². The summed E-state index contributed by atoms with van der Waals surface area (Å²) in [5, 5.41) is 35.6. The maximum Gasteiger partial charge on any atom is 0.298 e. The summed E-state index contributed by atoms with van der Waals surface area (Å²) in [7, 11) is -4.59. The van der Waals surface area contributed by atoms with Crippen molar-refractivity contribution in [2.24, 2.45) is 10.2 Å². The molecule has 0 atom stereocenters. The molecule has 0 aliphatic rings. The highest BCUT2D eigenvalue weighted by Crippen LogP contribution is 2.36. The van der Waals surface area contributed by atoms with Gasteiger partial charge in [0.2, 0.25) is 0 Å². The van der Waals surface area contributed by atoms with Crippen LogP contribution in [0.15, 0.2) is 51.5 Å². The third-order valence-corrected chi connectivity index (χ3v) is 3.37. The Labute approximate surface area is 119 Å². The Balaban J connectivity index is 2.42. The Morgan fingerprint density at radius 2 is 1.57 bits per heavy atom. The molecular formula is C12H10N2O6S. The fourth-order valence-electron chi connectivity index (χ4n) is 1.50. The normalized spacial score (nSPS) is 11.9. The van der Waals surface area contributed by atoms with Gasteiger partial charge in [-0.3, -0.25) is 4.55 Å². The van der Waals surface area contributed by atoms with Crippen LogP contribution >= 0.6 is 0 Å². The molecule has 2 rings (SSSR count). The lowest BCUT2D eigenvalue weighted by Crippen LogP contribution is -1.97. The van der Waals surface area contributed by atoms with E-state index in [0.717, 1.165) is 12.1 Å². The quantitative estimate of drug-likeness (QED) is 0.507. The molecule has 0 unspecified atom stereocenters. The molecule has 9 heteroatoms. The molecule has 110 valence electrons. The third-order valence-electron chi connectivity index (χ3n) is 2.48. The van der Waals surface area contributed by atoms with Crippen molar-refractivity contribution in [3.8, 4) is 17.2 Å². The van der Waals surface area contributed by atoms with E-state index in [4.69, 9.17) is 9.66 Å². The molecule has 0 amide bonds. The first-order valence-electron chi connectivity index (χ1n) is 5.52. The molecule has 0 saturated carbocycles. The summed E-state index contributed by atoms with van der Waals surface area (Å²) in [6, 6.07) is 7.11. The molecule has 2 aromatic rings. The third kappa shape index (κ3) is 3.27. The molecule has 21 heavy (non-hydrogen) atoms. The van der Waals surface area contributed by atoms with Gasteiger partial charge in [-0.15, -0.1) is 10.2 Å². The monoisotopic (exact) mass is 310 g/mol. The Bertz CT molecular complexity index is 816. The molecule has 4 N–H and O–H groups in total. The van der Waals surface area contributed by atoms with E-state index in [0.29, 0.717) is 0 Å². The second-order valence-corrected chi connectivity index (χ2v) is 5.36. The Kier molecular flexibility index (Phi) is 3.78. The van der Waals surface area contributed by atoms with Crippen LogP contribution in [0.25, 0.3) is 0 Å². The predicted molar refractivity (Wildman–Crippen MR) is 71.9 cm³/mol. The Morgan fingerprint density at radius 1 is 0.905 bits per heavy atom. The first-order chi connectivity index (χ1) is 9.79. The van der Waals surface area contributed by atoms with Crippen LogP contribution in [0.2, 0.25) is 0 Å². The van der Waals surface area contributed by atoms with Gasteiger partial charge < -0.3 is 15.3 Å². The molecule has 0 aliphatic heterocycles. The van der Waals surface area contributed by atoms with Gasteiger partial charge in [-0.25, -0.2) is 0 Å². The highest BCUT2D eigenvalue weighted by molar-refractivity contribution is 7.86. The molecule has 0 spiro atoms. The van der Waals surface area contributed by atoms with Gasteiger partial charge in [0.05, 0.1) is 0 Å². The van der Waals surface area contributed by atoms with E-state index >= 15 is 0 Å². The smallest absolute Gasteiger partial charge is 0.298 e. The van der Waals surface area contributed by atoms with E-state index in [1.807, 2.05) is 0 Å². The summed E-state index contributed by atoms with van der Waals surface area (Å²) in [6.45, 7) is 0. The molecule has 0 fully saturated rings. The minimum Gasteiger partial charge on any atom is -0.508 e. The van der Waals surface area contributed by atoms with E-state index in [2.05, 4.69) is 10.2 Å². The van der Waals surface area contributed by atoms with E-state index < -0.39 is 20.8 Å². The molecule has 0 heterocycles. The second kappa shape index (κ2) is 5.38. The fourth-order valence-corrected chi connectivity index (χ4v) is 2.10. The van der Waals surface area contributed by atoms with Crippen LogP contribution in [0.4, 0.5) is 11.4 Å². The topological polar surface area (TPSA) is 140 Å². The van der Waals surface area contributed by atoms with Crippen molar-refractivity contribution < 1.29 is 28.3 Å². The summed E-state index contributed by atoms with van der Waals surface area (Å²) >= 11 is 0. The van der Waals surface area contributed by atoms with Crippen LogP contribution in [-0.2, 0) is 10.1 Å². The molecule has 0 saturated heterocycles. The van der Waals surface area contributed by atoms with Gasteiger partial charge in [-0.2, -0.15) is 8.42 Å². The number of para-hydroxylation sites is 1. The van der Waals surface area contributed by atoms with Gasteiger partial charge in [-0.1, -0.05) is 6.07 Å². The van der Waals surface area contributed by atoms with Crippen molar-refractivity contribution in [1.82, 2.24) is 0 Å². The number of nitrogens with zero attached hydrogens (tertiary/aromatic N) is 2. The zero-order valence-corrected chi connectivity index (χ0v) is 11.2. The molecule has 8 nitrogen and oxygen atoms in total. The van der Waals surface area contributed by atoms with E-state index in [1.165, 1.54) is 24.3 Å². The van der Waals surface area contributed by atoms with E-state index in [-0.39, 0.29) is 22.9 Å². The first kappa shape index (κ1) is 14.8. The number of phenolic OH excluding ortho intramolecular Hbond substituents is 3. The molecule has 0 aliphatic carbocycles. The average Bonchev–Trinajstić information content (AvgIpc) is 2.38. The van der Waals surface area contributed by atoms with Crippen LogP contribution in [0, 0.1) is 0 Å². The molecule has 0 aromatic heterocycles. The number of azo groups is 1. The van der Waals surface area contributed by atoms with Gasteiger partial charge in [0.1, 0.15) is 27.8 Å². The molecule has 0 bridgehead atoms. The van der Waals surface area contributed by atoms with Gasteiger partial charge in [-0.05, 0) is 24.3 Å².